The Kier molecular flexibility index (Phi) is 3.69. The van der Waals surface area contributed by atoms with Crippen LogP contribution in [0.5, 0.6) is 0 Å². The van der Waals surface area contributed by atoms with Gasteiger partial charge in [-0.3, -0.25) is 0 Å². The summed E-state index contributed by atoms with van der Waals surface area (Å²) >= 11 is 1.71. The lowest BCUT2D eigenvalue weighted by atomic mass is 10.2. The van der Waals surface area contributed by atoms with Crippen molar-refractivity contribution in [3.8, 4) is 0 Å². The van der Waals surface area contributed by atoms with Crippen molar-refractivity contribution in [1.29, 1.82) is 0 Å². The Balaban J connectivity index is 2.07. The molecule has 0 aromatic carbocycles. The first kappa shape index (κ1) is 11.3. The van der Waals surface area contributed by atoms with Gasteiger partial charge in [0, 0.05) is 11.3 Å². The lowest BCUT2D eigenvalue weighted by Gasteiger charge is -2.06. The molecular weight excluding hydrogens is 222 g/mol. The van der Waals surface area contributed by atoms with Gasteiger partial charge in [0.25, 0.3) is 0 Å². The highest BCUT2D eigenvalue weighted by Crippen LogP contribution is 2.16. The van der Waals surface area contributed by atoms with Crippen molar-refractivity contribution < 1.29 is 4.52 Å². The molecule has 1 atom stereocenters. The Hall–Kier alpha value is -1.20. The molecule has 0 saturated carbocycles. The van der Waals surface area contributed by atoms with Gasteiger partial charge < -0.3 is 9.84 Å². The van der Waals surface area contributed by atoms with Crippen LogP contribution in [0.1, 0.15) is 36.0 Å². The van der Waals surface area contributed by atoms with E-state index in [1.807, 2.05) is 13.1 Å². The van der Waals surface area contributed by atoms with Crippen LogP contribution >= 0.6 is 11.3 Å². The molecule has 0 bridgehead atoms. The van der Waals surface area contributed by atoms with E-state index in [0.29, 0.717) is 5.89 Å². The summed E-state index contributed by atoms with van der Waals surface area (Å²) in [5.74, 6) is 1.43. The number of nitrogens with zero attached hydrogens (tertiary/aromatic N) is 2. The summed E-state index contributed by atoms with van der Waals surface area (Å²) in [5.41, 5.74) is 0. The minimum absolute atomic E-state index is 0.157. The number of aromatic nitrogens is 2. The van der Waals surface area contributed by atoms with Gasteiger partial charge in [-0.2, -0.15) is 4.98 Å². The van der Waals surface area contributed by atoms with E-state index in [-0.39, 0.29) is 6.04 Å². The zero-order valence-corrected chi connectivity index (χ0v) is 10.3. The molecule has 86 valence electrons. The van der Waals surface area contributed by atoms with Crippen LogP contribution in [0.15, 0.2) is 22.0 Å². The molecule has 4 nitrogen and oxygen atoms in total. The van der Waals surface area contributed by atoms with Crippen molar-refractivity contribution in [2.24, 2.45) is 0 Å². The summed E-state index contributed by atoms with van der Waals surface area (Å²) in [6.07, 6.45) is 1.69. The third-order valence-electron chi connectivity index (χ3n) is 2.45. The maximum Gasteiger partial charge on any atom is 0.243 e. The topological polar surface area (TPSA) is 51.0 Å². The van der Waals surface area contributed by atoms with Gasteiger partial charge in [0.1, 0.15) is 0 Å². The smallest absolute Gasteiger partial charge is 0.243 e. The first-order valence-electron chi connectivity index (χ1n) is 5.35. The van der Waals surface area contributed by atoms with Gasteiger partial charge in [-0.05, 0) is 24.9 Å². The average molecular weight is 237 g/mol. The molecule has 2 heterocycles. The average Bonchev–Trinajstić information content (AvgIpc) is 2.93. The minimum Gasteiger partial charge on any atom is -0.338 e. The fourth-order valence-electron chi connectivity index (χ4n) is 1.55. The normalized spacial score (nSPS) is 12.9. The molecule has 2 aromatic rings. The largest absolute Gasteiger partial charge is 0.338 e. The summed E-state index contributed by atoms with van der Waals surface area (Å²) in [6.45, 7) is 2.09. The Morgan fingerprint density at radius 1 is 1.56 bits per heavy atom. The summed E-state index contributed by atoms with van der Waals surface area (Å²) in [7, 11) is 1.90. The van der Waals surface area contributed by atoms with Crippen LogP contribution in [0.4, 0.5) is 0 Å². The fraction of sp³-hybridized carbons (Fsp3) is 0.455. The number of hydrogen-bond donors (Lipinski definition) is 1. The lowest BCUT2D eigenvalue weighted by Crippen LogP contribution is -2.15. The van der Waals surface area contributed by atoms with Gasteiger partial charge in [-0.1, -0.05) is 18.1 Å². The van der Waals surface area contributed by atoms with Gasteiger partial charge in [0.15, 0.2) is 5.82 Å². The SMILES string of the molecule is CCC(NC)c1nc(Cc2cccs2)no1. The first-order chi connectivity index (χ1) is 7.83. The highest BCUT2D eigenvalue weighted by Gasteiger charge is 2.15. The van der Waals surface area contributed by atoms with Crippen molar-refractivity contribution in [3.05, 3.63) is 34.1 Å². The molecule has 0 aliphatic carbocycles. The summed E-state index contributed by atoms with van der Waals surface area (Å²) in [5, 5.41) is 9.19. The van der Waals surface area contributed by atoms with Crippen LogP contribution < -0.4 is 5.32 Å². The second kappa shape index (κ2) is 5.23. The Bertz CT molecular complexity index is 420. The van der Waals surface area contributed by atoms with Crippen molar-refractivity contribution in [2.45, 2.75) is 25.8 Å². The molecule has 5 heteroatoms. The Morgan fingerprint density at radius 2 is 2.44 bits per heavy atom. The van der Waals surface area contributed by atoms with Crippen LogP contribution in [-0.2, 0) is 6.42 Å². The summed E-state index contributed by atoms with van der Waals surface area (Å²) in [4.78, 5) is 5.65. The van der Waals surface area contributed by atoms with Gasteiger partial charge in [-0.15, -0.1) is 11.3 Å². The molecule has 1 unspecified atom stereocenters. The predicted octanol–water partition coefficient (Wildman–Crippen LogP) is 2.39. The predicted molar refractivity (Wildman–Crippen MR) is 63.5 cm³/mol. The molecule has 0 aliphatic heterocycles. The molecule has 0 saturated heterocycles. The van der Waals surface area contributed by atoms with E-state index in [0.717, 1.165) is 18.7 Å². The third-order valence-corrected chi connectivity index (χ3v) is 3.33. The van der Waals surface area contributed by atoms with Gasteiger partial charge >= 0.3 is 0 Å². The fourth-order valence-corrected chi connectivity index (χ4v) is 2.25. The van der Waals surface area contributed by atoms with Crippen molar-refractivity contribution in [2.75, 3.05) is 7.05 Å². The van der Waals surface area contributed by atoms with Crippen LogP contribution in [-0.4, -0.2) is 17.2 Å². The zero-order valence-electron chi connectivity index (χ0n) is 9.43. The van der Waals surface area contributed by atoms with E-state index < -0.39 is 0 Å². The number of hydrogen-bond acceptors (Lipinski definition) is 5. The highest BCUT2D eigenvalue weighted by molar-refractivity contribution is 7.09. The number of nitrogens with one attached hydrogen (secondary N) is 1. The van der Waals surface area contributed by atoms with Gasteiger partial charge in [0.2, 0.25) is 5.89 Å². The monoisotopic (exact) mass is 237 g/mol. The third kappa shape index (κ3) is 2.48. The molecule has 0 spiro atoms. The van der Waals surface area contributed by atoms with E-state index in [2.05, 4.69) is 33.8 Å². The van der Waals surface area contributed by atoms with E-state index >= 15 is 0 Å². The Labute approximate surface area is 98.7 Å². The standard InChI is InChI=1S/C11H15N3OS/c1-3-9(12-2)11-13-10(14-15-11)7-8-5-4-6-16-8/h4-6,9,12H,3,7H2,1-2H3. The van der Waals surface area contributed by atoms with E-state index in [4.69, 9.17) is 4.52 Å². The molecule has 0 fully saturated rings. The maximum atomic E-state index is 5.24. The van der Waals surface area contributed by atoms with Crippen LogP contribution in [0, 0.1) is 0 Å². The molecule has 0 aliphatic rings. The van der Waals surface area contributed by atoms with Gasteiger partial charge in [0.05, 0.1) is 6.04 Å². The van der Waals surface area contributed by atoms with Crippen molar-refractivity contribution in [1.82, 2.24) is 15.5 Å². The van der Waals surface area contributed by atoms with Crippen molar-refractivity contribution >= 4 is 11.3 Å². The molecule has 16 heavy (non-hydrogen) atoms. The molecule has 2 rings (SSSR count). The van der Waals surface area contributed by atoms with Crippen LogP contribution in [0.3, 0.4) is 0 Å². The van der Waals surface area contributed by atoms with Crippen LogP contribution in [0.2, 0.25) is 0 Å². The second-order valence-electron chi connectivity index (χ2n) is 3.55. The summed E-state index contributed by atoms with van der Waals surface area (Å²) < 4.78 is 5.24. The maximum absolute atomic E-state index is 5.24. The molecule has 2 aromatic heterocycles. The van der Waals surface area contributed by atoms with E-state index in [1.165, 1.54) is 4.88 Å². The zero-order chi connectivity index (χ0) is 11.4. The van der Waals surface area contributed by atoms with Crippen LogP contribution in [0.25, 0.3) is 0 Å². The molecule has 0 amide bonds. The van der Waals surface area contributed by atoms with E-state index in [9.17, 15) is 0 Å². The Morgan fingerprint density at radius 3 is 3.06 bits per heavy atom. The van der Waals surface area contributed by atoms with Gasteiger partial charge in [-0.25, -0.2) is 0 Å². The quantitative estimate of drug-likeness (QED) is 0.867. The minimum atomic E-state index is 0.157. The van der Waals surface area contributed by atoms with E-state index in [1.54, 1.807) is 11.3 Å². The number of thiophene rings is 1. The lowest BCUT2D eigenvalue weighted by molar-refractivity contribution is 0.331. The second-order valence-corrected chi connectivity index (χ2v) is 4.59. The molecular formula is C11H15N3OS. The number of rotatable bonds is 5. The summed E-state index contributed by atoms with van der Waals surface area (Å²) in [6, 6.07) is 4.27. The molecule has 0 radical (unpaired) electrons. The highest BCUT2D eigenvalue weighted by atomic mass is 32.1. The molecule has 1 N–H and O–H groups in total. The van der Waals surface area contributed by atoms with Crippen molar-refractivity contribution in [3.63, 3.8) is 0 Å². The first-order valence-corrected chi connectivity index (χ1v) is 6.23.